The number of esters is 1. The van der Waals surface area contributed by atoms with Gasteiger partial charge in [-0.15, -0.1) is 0 Å². The lowest BCUT2D eigenvalue weighted by atomic mass is 9.32. The molecule has 1 saturated heterocycles. The molecule has 0 spiro atoms. The second kappa shape index (κ2) is 11.2. The number of carbonyl (C=O) groups is 1. The van der Waals surface area contributed by atoms with Crippen molar-refractivity contribution in [2.45, 2.75) is 148 Å². The van der Waals surface area contributed by atoms with Gasteiger partial charge in [0.25, 0.3) is 0 Å². The molecule has 0 unspecified atom stereocenters. The highest BCUT2D eigenvalue weighted by Crippen LogP contribution is 2.76. The summed E-state index contributed by atoms with van der Waals surface area (Å²) in [7, 11) is 0. The van der Waals surface area contributed by atoms with Crippen LogP contribution in [0.4, 0.5) is 0 Å². The Bertz CT molecular complexity index is 1280. The molecule has 0 amide bonds. The molecule has 5 aliphatic carbocycles. The van der Waals surface area contributed by atoms with Crippen LogP contribution in [-0.4, -0.2) is 108 Å². The monoisotopic (exact) mass is 666 g/mol. The van der Waals surface area contributed by atoms with Gasteiger partial charge in [0.05, 0.1) is 35.9 Å². The molecule has 1 heterocycles. The van der Waals surface area contributed by atoms with Crippen LogP contribution in [0.1, 0.15) is 93.4 Å². The molecule has 0 aromatic rings. The van der Waals surface area contributed by atoms with Crippen molar-refractivity contribution in [3.05, 3.63) is 11.6 Å². The van der Waals surface area contributed by atoms with Crippen molar-refractivity contribution in [3.8, 4) is 0 Å². The number of fused-ring (bicyclic) bond motifs is 7. The van der Waals surface area contributed by atoms with Gasteiger partial charge >= 0.3 is 5.97 Å². The van der Waals surface area contributed by atoms with Crippen molar-refractivity contribution in [2.24, 2.45) is 50.7 Å². The van der Waals surface area contributed by atoms with Crippen LogP contribution in [0.5, 0.6) is 0 Å². The van der Waals surface area contributed by atoms with Crippen LogP contribution in [0.3, 0.4) is 0 Å². The maximum Gasteiger partial charge on any atom is 0.315 e. The summed E-state index contributed by atoms with van der Waals surface area (Å²) in [4.78, 5) is 14.5. The SMILES string of the molecule is C[C@@H]1CC[C@]2(C(=O)O[C@@H]3O[C@H](CO)[C@@H](O)[C@H](O)[C@H]3O)CC[C@@]3(C)C(=CC[C@@H]4[C@@]5(C)C[C@@H](O)[C@H](O)C(C)(C)[C@@H]5[C@H](O)C[C@]43C)[C@@H]2[C@]1(C)O. The van der Waals surface area contributed by atoms with E-state index in [1.807, 2.05) is 20.8 Å². The summed E-state index contributed by atoms with van der Waals surface area (Å²) in [5.41, 5.74) is -3.71. The maximum absolute atomic E-state index is 14.5. The van der Waals surface area contributed by atoms with E-state index < -0.39 is 100 Å². The van der Waals surface area contributed by atoms with Crippen LogP contribution in [0.25, 0.3) is 0 Å². The number of hydrogen-bond acceptors (Lipinski definition) is 11. The molecule has 5 fully saturated rings. The minimum absolute atomic E-state index is 0.0538. The van der Waals surface area contributed by atoms with Crippen LogP contribution in [0, 0.1) is 50.7 Å². The highest BCUT2D eigenvalue weighted by molar-refractivity contribution is 5.79. The predicted octanol–water partition coefficient (Wildman–Crippen LogP) is 1.40. The summed E-state index contributed by atoms with van der Waals surface area (Å²) < 4.78 is 11.4. The molecule has 0 bridgehead atoms. The molecule has 6 rings (SSSR count). The number of carbonyl (C=O) groups excluding carboxylic acids is 1. The van der Waals surface area contributed by atoms with E-state index in [9.17, 15) is 45.6 Å². The second-order valence-electron chi connectivity index (χ2n) is 17.8. The molecule has 4 saturated carbocycles. The Morgan fingerprint density at radius 3 is 2.21 bits per heavy atom. The Hall–Kier alpha value is -1.15. The maximum atomic E-state index is 14.5. The van der Waals surface area contributed by atoms with Gasteiger partial charge in [-0.25, -0.2) is 0 Å². The van der Waals surface area contributed by atoms with Gasteiger partial charge in [0.15, 0.2) is 0 Å². The Morgan fingerprint density at radius 2 is 1.57 bits per heavy atom. The fourth-order valence-electron chi connectivity index (χ4n) is 12.6. The van der Waals surface area contributed by atoms with Crippen LogP contribution < -0.4 is 0 Å². The number of allylic oxidation sites excluding steroid dienone is 1. The van der Waals surface area contributed by atoms with Gasteiger partial charge in [0, 0.05) is 5.92 Å². The van der Waals surface area contributed by atoms with Crippen LogP contribution in [0.15, 0.2) is 11.6 Å². The molecule has 0 aromatic carbocycles. The standard InChI is InChI=1S/C36H58O11/c1-17-10-11-36(30(44)47-29-25(42)24(41)23(40)21(16-37)46-29)13-12-33(5)18(26(36)35(17,7)45)8-9-22-32(4)14-20(39)28(43)31(2,3)27(32)19(38)15-34(22,33)6/h8,17,19-29,37-43,45H,9-16H2,1-7H3/t17-,19-,20-,21-,22-,23-,24+,25-,26-,27+,28+,29+,32-,33+,34-,35-,36+/m1/s1. The van der Waals surface area contributed by atoms with Gasteiger partial charge in [-0.3, -0.25) is 4.79 Å². The third-order valence-corrected chi connectivity index (χ3v) is 15.4. The third kappa shape index (κ3) is 4.60. The molecule has 268 valence electrons. The third-order valence-electron chi connectivity index (χ3n) is 15.4. The molecule has 11 heteroatoms. The average molecular weight is 667 g/mol. The predicted molar refractivity (Wildman–Crippen MR) is 169 cm³/mol. The Labute approximate surface area is 278 Å². The van der Waals surface area contributed by atoms with E-state index in [1.54, 1.807) is 6.92 Å². The molecule has 47 heavy (non-hydrogen) atoms. The lowest BCUT2D eigenvalue weighted by Gasteiger charge is -2.72. The van der Waals surface area contributed by atoms with Crippen LogP contribution in [0.2, 0.25) is 0 Å². The summed E-state index contributed by atoms with van der Waals surface area (Å²) in [5, 5.41) is 87.6. The molecular weight excluding hydrogens is 608 g/mol. The summed E-state index contributed by atoms with van der Waals surface area (Å²) in [6, 6.07) is 0. The lowest BCUT2D eigenvalue weighted by Crippen LogP contribution is -2.71. The first-order valence-corrected chi connectivity index (χ1v) is 17.6. The lowest BCUT2D eigenvalue weighted by molar-refractivity contribution is -0.299. The fourth-order valence-corrected chi connectivity index (χ4v) is 12.6. The zero-order valence-corrected chi connectivity index (χ0v) is 29.0. The first-order valence-electron chi connectivity index (χ1n) is 17.6. The van der Waals surface area contributed by atoms with Crippen molar-refractivity contribution >= 4 is 5.97 Å². The number of ether oxygens (including phenoxy) is 2. The zero-order valence-electron chi connectivity index (χ0n) is 29.0. The minimum atomic E-state index is -1.73. The molecule has 17 atom stereocenters. The first-order chi connectivity index (χ1) is 21.6. The van der Waals surface area contributed by atoms with Crippen molar-refractivity contribution in [1.82, 2.24) is 0 Å². The molecule has 1 aliphatic heterocycles. The highest BCUT2D eigenvalue weighted by atomic mass is 16.7. The van der Waals surface area contributed by atoms with Gasteiger partial charge in [0.1, 0.15) is 24.4 Å². The fraction of sp³-hybridized carbons (Fsp3) is 0.917. The second-order valence-corrected chi connectivity index (χ2v) is 17.8. The van der Waals surface area contributed by atoms with Gasteiger partial charge in [-0.1, -0.05) is 53.2 Å². The van der Waals surface area contributed by atoms with Gasteiger partial charge < -0.3 is 50.3 Å². The summed E-state index contributed by atoms with van der Waals surface area (Å²) >= 11 is 0. The number of aliphatic hydroxyl groups is 8. The molecule has 11 nitrogen and oxygen atoms in total. The minimum Gasteiger partial charge on any atom is -0.432 e. The van der Waals surface area contributed by atoms with E-state index in [2.05, 4.69) is 26.8 Å². The quantitative estimate of drug-likeness (QED) is 0.160. The normalized spacial score (nSPS) is 57.0. The summed E-state index contributed by atoms with van der Waals surface area (Å²) in [5.74, 6) is -1.64. The zero-order chi connectivity index (χ0) is 34.9. The Balaban J connectivity index is 1.41. The largest absolute Gasteiger partial charge is 0.432 e. The number of rotatable bonds is 3. The molecular formula is C36H58O11. The van der Waals surface area contributed by atoms with E-state index in [1.165, 1.54) is 0 Å². The van der Waals surface area contributed by atoms with Crippen LogP contribution >= 0.6 is 0 Å². The molecule has 8 N–H and O–H groups in total. The van der Waals surface area contributed by atoms with E-state index in [-0.39, 0.29) is 17.8 Å². The topological polar surface area (TPSA) is 197 Å². The average Bonchev–Trinajstić information content (AvgIpc) is 2.98. The van der Waals surface area contributed by atoms with Gasteiger partial charge in [-0.05, 0) is 91.3 Å². The molecule has 0 radical (unpaired) electrons. The smallest absolute Gasteiger partial charge is 0.315 e. The van der Waals surface area contributed by atoms with E-state index in [4.69, 9.17) is 9.47 Å². The summed E-state index contributed by atoms with van der Waals surface area (Å²) in [6.45, 7) is 13.6. The van der Waals surface area contributed by atoms with Crippen molar-refractivity contribution in [1.29, 1.82) is 0 Å². The van der Waals surface area contributed by atoms with Crippen LogP contribution in [-0.2, 0) is 14.3 Å². The Kier molecular flexibility index (Phi) is 8.48. The van der Waals surface area contributed by atoms with Gasteiger partial charge in [-0.2, -0.15) is 0 Å². The van der Waals surface area contributed by atoms with E-state index in [0.717, 1.165) is 5.57 Å². The Morgan fingerprint density at radius 1 is 0.915 bits per heavy atom. The van der Waals surface area contributed by atoms with Crippen molar-refractivity contribution in [3.63, 3.8) is 0 Å². The van der Waals surface area contributed by atoms with Crippen molar-refractivity contribution < 1.29 is 55.1 Å². The number of aliphatic hydroxyl groups excluding tert-OH is 7. The van der Waals surface area contributed by atoms with E-state index >= 15 is 0 Å². The van der Waals surface area contributed by atoms with E-state index in [0.29, 0.717) is 44.9 Å². The molecule has 6 aliphatic rings. The number of hydrogen-bond donors (Lipinski definition) is 8. The van der Waals surface area contributed by atoms with Crippen molar-refractivity contribution in [2.75, 3.05) is 6.61 Å². The van der Waals surface area contributed by atoms with Gasteiger partial charge in [0.2, 0.25) is 6.29 Å². The summed E-state index contributed by atoms with van der Waals surface area (Å²) in [6.07, 6.45) is -4.87. The molecule has 0 aromatic heterocycles. The highest BCUT2D eigenvalue weighted by Gasteiger charge is 2.73. The first kappa shape index (κ1) is 35.7.